The number of hydrogen-bond donors (Lipinski definition) is 0. The van der Waals surface area contributed by atoms with Crippen molar-refractivity contribution < 1.29 is 0 Å². The molecule has 0 heterocycles. The van der Waals surface area contributed by atoms with Gasteiger partial charge in [-0.15, -0.1) is 0 Å². The first kappa shape index (κ1) is 61.9. The highest BCUT2D eigenvalue weighted by molar-refractivity contribution is 7.26. The van der Waals surface area contributed by atoms with Gasteiger partial charge in [-0.3, -0.25) is 0 Å². The van der Waals surface area contributed by atoms with Crippen molar-refractivity contribution in [3.8, 4) is 0 Å². The van der Waals surface area contributed by atoms with E-state index in [9.17, 15) is 0 Å². The second-order valence-corrected chi connectivity index (χ2v) is 81.1. The van der Waals surface area contributed by atoms with Crippen LogP contribution >= 0.6 is 0 Å². The highest BCUT2D eigenvalue weighted by atomic mass is 28.4. The molecule has 0 aliphatic heterocycles. The van der Waals surface area contributed by atoms with E-state index in [1.165, 1.54) is 0 Å². The second-order valence-electron chi connectivity index (χ2n) is 32.4. The largest absolute Gasteiger partial charge is 0.158 e. The minimum Gasteiger partial charge on any atom is -0.0656 e. The van der Waals surface area contributed by atoms with Crippen LogP contribution < -0.4 is 62.2 Å². The van der Waals surface area contributed by atoms with E-state index in [1.807, 2.05) is 46.7 Å². The number of rotatable bonds is 13. The lowest BCUT2D eigenvalue weighted by Crippen LogP contribution is -2.92. The van der Waals surface area contributed by atoms with Gasteiger partial charge in [0.1, 0.15) is 0 Å². The minimum atomic E-state index is -3.42. The summed E-state index contributed by atoms with van der Waals surface area (Å²) in [7, 11) is -21.9. The molecule has 0 saturated carbocycles. The van der Waals surface area contributed by atoms with E-state index < -0.39 is 80.7 Å². The Morgan fingerprint density at radius 1 is 0.186 bits per heavy atom. The minimum absolute atomic E-state index is 0.331. The van der Waals surface area contributed by atoms with Crippen LogP contribution in [0, 0.1) is 41.5 Å². The molecule has 1 aliphatic rings. The van der Waals surface area contributed by atoms with Crippen LogP contribution in [0.4, 0.5) is 0 Å². The van der Waals surface area contributed by atoms with Crippen LogP contribution in [0.15, 0.2) is 22.3 Å². The number of benzene rings is 3. The molecule has 10 heteroatoms. The lowest BCUT2D eigenvalue weighted by Gasteiger charge is -2.55. The van der Waals surface area contributed by atoms with E-state index in [1.54, 1.807) is 71.2 Å². The molecule has 0 bridgehead atoms. The highest BCUT2D eigenvalue weighted by Crippen LogP contribution is 2.47. The average Bonchev–Trinajstić information content (AvgIpc) is 3.24. The van der Waals surface area contributed by atoms with Gasteiger partial charge in [0.25, 0.3) is 0 Å². The Morgan fingerprint density at radius 2 is 0.314 bits per heavy atom. The van der Waals surface area contributed by atoms with E-state index in [4.69, 9.17) is 0 Å². The van der Waals surface area contributed by atoms with Crippen LogP contribution in [-0.2, 0) is 0 Å². The van der Waals surface area contributed by atoms with Crippen molar-refractivity contribution in [2.75, 3.05) is 0 Å². The second kappa shape index (κ2) is 18.8. The number of allylic oxidation sites excluding steroid dienone is 4. The molecular formula is C60H112Si10. The maximum Gasteiger partial charge on any atom is 0.158 e. The third-order valence-electron chi connectivity index (χ3n) is 17.0. The first-order valence-electron chi connectivity index (χ1n) is 27.6. The van der Waals surface area contributed by atoms with Gasteiger partial charge in [-0.2, -0.15) is 0 Å². The molecule has 3 aromatic rings. The zero-order valence-electron chi connectivity index (χ0n) is 53.6. The van der Waals surface area contributed by atoms with Gasteiger partial charge in [0, 0.05) is 5.54 Å². The Hall–Kier alpha value is -0.691. The Balaban J connectivity index is 3.18. The molecule has 3 aromatic carbocycles. The molecule has 70 heavy (non-hydrogen) atoms. The third kappa shape index (κ3) is 10.3. The molecule has 0 saturated heterocycles. The van der Waals surface area contributed by atoms with Gasteiger partial charge in [-0.05, 0) is 95.9 Å². The molecule has 0 unspecified atom stereocenters. The third-order valence-corrected chi connectivity index (χ3v) is 43.6. The summed E-state index contributed by atoms with van der Waals surface area (Å²) in [6, 6.07) is 0. The SMILES string of the molecule is CC1=C(C)C([Si](c2c([Si](C)(C)C)c(C)c([Si](C)(C)C)c(C)c2[Si](C)(C)C)(c2c([Si](C)(C)C)c(C)c([Si](C)(C)C)c(C)c2[Si](C)(C)C)c2c([Si](C)(C)C)c(C)c([Si](C)(C)C)c(C)c2[Si](C)(C)C)C(C)=C1C. The predicted molar refractivity (Wildman–Crippen MR) is 360 cm³/mol. The fourth-order valence-electron chi connectivity index (χ4n) is 16.1. The standard InChI is InChI=1S/C60H112Si10/c1-38-39(2)41(4)51(40(38)3)70(58-52(64(20,21)22)42(5)48(61(11,12)13)43(6)53(58)65(23,24)25,59-54(66(26,27)28)44(7)49(62(14,15)16)45(8)55(59)67(29,30)31)60-56(68(32,33)34)46(9)50(63(17,18)19)47(10)57(60)69(35,36)37/h51H,1-37H3. The van der Waals surface area contributed by atoms with Crippen LogP contribution in [0.2, 0.25) is 182 Å². The van der Waals surface area contributed by atoms with Crippen LogP contribution in [0.3, 0.4) is 0 Å². The summed E-state index contributed by atoms with van der Waals surface area (Å²) in [5, 5.41) is 22.7. The Labute approximate surface area is 446 Å². The Bertz CT molecular complexity index is 2280. The molecule has 0 spiro atoms. The van der Waals surface area contributed by atoms with Gasteiger partial charge in [-0.25, -0.2) is 0 Å². The van der Waals surface area contributed by atoms with Gasteiger partial charge in [-0.1, -0.05) is 268 Å². The summed E-state index contributed by atoms with van der Waals surface area (Å²) in [4.78, 5) is 0. The molecule has 0 radical (unpaired) electrons. The van der Waals surface area contributed by atoms with Crippen molar-refractivity contribution in [2.24, 2.45) is 0 Å². The van der Waals surface area contributed by atoms with Crippen molar-refractivity contribution in [3.05, 3.63) is 55.7 Å². The molecule has 0 atom stereocenters. The van der Waals surface area contributed by atoms with Gasteiger partial charge < -0.3 is 0 Å². The fourth-order valence-corrected chi connectivity index (χ4v) is 54.6. The van der Waals surface area contributed by atoms with Crippen molar-refractivity contribution in [3.63, 3.8) is 0 Å². The Kier molecular flexibility index (Phi) is 16.6. The maximum atomic E-state index is 2.79. The fraction of sp³-hybridized carbons (Fsp3) is 0.633. The summed E-state index contributed by atoms with van der Waals surface area (Å²) in [6.45, 7) is 101. The molecule has 0 N–H and O–H groups in total. The van der Waals surface area contributed by atoms with Crippen molar-refractivity contribution >= 4 is 143 Å². The molecule has 1 aliphatic carbocycles. The number of hydrogen-bond acceptors (Lipinski definition) is 0. The van der Waals surface area contributed by atoms with Crippen LogP contribution in [-0.4, -0.2) is 80.7 Å². The van der Waals surface area contributed by atoms with Crippen LogP contribution in [0.5, 0.6) is 0 Å². The van der Waals surface area contributed by atoms with Crippen molar-refractivity contribution in [1.29, 1.82) is 0 Å². The summed E-state index contributed by atoms with van der Waals surface area (Å²) >= 11 is 0. The van der Waals surface area contributed by atoms with Gasteiger partial charge >= 0.3 is 0 Å². The van der Waals surface area contributed by atoms with Crippen molar-refractivity contribution in [1.82, 2.24) is 0 Å². The Morgan fingerprint density at radius 3 is 0.429 bits per heavy atom. The van der Waals surface area contributed by atoms with Crippen LogP contribution in [0.25, 0.3) is 0 Å². The van der Waals surface area contributed by atoms with Crippen molar-refractivity contribution in [2.45, 2.75) is 252 Å². The summed E-state index contributed by atoms with van der Waals surface area (Å²) in [5.41, 5.74) is 17.2. The van der Waals surface area contributed by atoms with E-state index in [0.29, 0.717) is 5.54 Å². The quantitative estimate of drug-likeness (QED) is 0.118. The van der Waals surface area contributed by atoms with Gasteiger partial charge in [0.2, 0.25) is 0 Å². The zero-order chi connectivity index (χ0) is 55.3. The molecule has 0 nitrogen and oxygen atoms in total. The lowest BCUT2D eigenvalue weighted by atomic mass is 10.1. The lowest BCUT2D eigenvalue weighted by molar-refractivity contribution is 1.09. The normalized spacial score (nSPS) is 15.9. The van der Waals surface area contributed by atoms with E-state index in [2.05, 4.69) is 246 Å². The van der Waals surface area contributed by atoms with E-state index in [0.717, 1.165) is 0 Å². The summed E-state index contributed by atoms with van der Waals surface area (Å²) in [5.74, 6) is 0. The first-order valence-corrected chi connectivity index (χ1v) is 61.2. The smallest absolute Gasteiger partial charge is 0.0656 e. The molecule has 0 amide bonds. The first-order chi connectivity index (χ1) is 30.7. The predicted octanol–water partition coefficient (Wildman–Crippen LogP) is 12.0. The summed E-state index contributed by atoms with van der Waals surface area (Å²) in [6.07, 6.45) is 0. The molecular weight excluding hydrogens is 1000 g/mol. The average molecular weight is 1110 g/mol. The van der Waals surface area contributed by atoms with E-state index >= 15 is 0 Å². The molecule has 0 fully saturated rings. The highest BCUT2D eigenvalue weighted by Gasteiger charge is 2.61. The summed E-state index contributed by atoms with van der Waals surface area (Å²) < 4.78 is 0. The van der Waals surface area contributed by atoms with Crippen LogP contribution in [0.1, 0.15) is 61.1 Å². The maximum absolute atomic E-state index is 3.42. The molecule has 4 rings (SSSR count). The monoisotopic (exact) mass is 1110 g/mol. The molecule has 392 valence electrons. The topological polar surface area (TPSA) is 0 Å². The van der Waals surface area contributed by atoms with Gasteiger partial charge in [0.15, 0.2) is 8.07 Å². The van der Waals surface area contributed by atoms with E-state index in [-0.39, 0.29) is 0 Å². The zero-order valence-corrected chi connectivity index (χ0v) is 63.6. The van der Waals surface area contributed by atoms with Gasteiger partial charge in [0.05, 0.1) is 72.7 Å². The molecule has 0 aromatic heterocycles.